The number of halogens is 3. The summed E-state index contributed by atoms with van der Waals surface area (Å²) in [6.07, 6.45) is -1.69. The van der Waals surface area contributed by atoms with Crippen molar-refractivity contribution in [1.29, 1.82) is 0 Å². The van der Waals surface area contributed by atoms with Crippen LogP contribution < -0.4 is 0 Å². The van der Waals surface area contributed by atoms with Gasteiger partial charge >= 0.3 is 0 Å². The van der Waals surface area contributed by atoms with Gasteiger partial charge in [0, 0.05) is 0 Å². The third-order valence-corrected chi connectivity index (χ3v) is 2.20. The highest BCUT2D eigenvalue weighted by molar-refractivity contribution is 9.15. The van der Waals surface area contributed by atoms with Gasteiger partial charge in [-0.3, -0.25) is 0 Å². The predicted molar refractivity (Wildman–Crippen MR) is 49.2 cm³/mol. The molecule has 64 valence electrons. The first kappa shape index (κ1) is 9.39. The summed E-state index contributed by atoms with van der Waals surface area (Å²) in [5.41, 5.74) is 1.47. The Morgan fingerprint density at radius 2 is 2.00 bits per heavy atom. The molecule has 3 heteroatoms. The Kier molecular flexibility index (Phi) is 2.98. The van der Waals surface area contributed by atoms with Gasteiger partial charge in [-0.25, -0.2) is 0 Å². The van der Waals surface area contributed by atoms with Gasteiger partial charge in [-0.1, -0.05) is 29.8 Å². The Morgan fingerprint density at radius 1 is 1.33 bits per heavy atom. The van der Waals surface area contributed by atoms with Gasteiger partial charge in [-0.15, -0.1) is 0 Å². The standard InChI is InChI=1S/C9H7BrF2/c1-6-3-2-4-7(5-6)8(10)9(11)12/h2-5H,1H3. The van der Waals surface area contributed by atoms with E-state index in [1.54, 1.807) is 18.2 Å². The SMILES string of the molecule is Cc1cccc(C(Br)=C(F)F)c1. The molecular formula is C9H7BrF2. The lowest BCUT2D eigenvalue weighted by Crippen LogP contribution is -1.79. The van der Waals surface area contributed by atoms with Gasteiger partial charge < -0.3 is 0 Å². The van der Waals surface area contributed by atoms with E-state index in [1.807, 2.05) is 13.0 Å². The number of hydrogen-bond donors (Lipinski definition) is 0. The first-order valence-electron chi connectivity index (χ1n) is 3.39. The fourth-order valence-electron chi connectivity index (χ4n) is 0.891. The van der Waals surface area contributed by atoms with Crippen LogP contribution in [0.4, 0.5) is 8.78 Å². The number of hydrogen-bond acceptors (Lipinski definition) is 0. The minimum absolute atomic E-state index is 0.133. The van der Waals surface area contributed by atoms with Crippen LogP contribution in [0.5, 0.6) is 0 Å². The van der Waals surface area contributed by atoms with Gasteiger partial charge in [-0.2, -0.15) is 8.78 Å². The van der Waals surface area contributed by atoms with Gasteiger partial charge in [0.05, 0.1) is 4.48 Å². The van der Waals surface area contributed by atoms with E-state index in [4.69, 9.17) is 0 Å². The minimum atomic E-state index is -1.69. The van der Waals surface area contributed by atoms with Crippen LogP contribution in [0.3, 0.4) is 0 Å². The second-order valence-electron chi connectivity index (χ2n) is 2.44. The molecule has 0 atom stereocenters. The maximum absolute atomic E-state index is 12.1. The summed E-state index contributed by atoms with van der Waals surface area (Å²) in [7, 11) is 0. The van der Waals surface area contributed by atoms with Crippen molar-refractivity contribution in [2.24, 2.45) is 0 Å². The van der Waals surface area contributed by atoms with Crippen LogP contribution >= 0.6 is 15.9 Å². The van der Waals surface area contributed by atoms with Gasteiger partial charge in [0.1, 0.15) is 0 Å². The maximum atomic E-state index is 12.1. The molecule has 0 heterocycles. The highest BCUT2D eigenvalue weighted by Crippen LogP contribution is 2.26. The van der Waals surface area contributed by atoms with Crippen molar-refractivity contribution in [3.8, 4) is 0 Å². The van der Waals surface area contributed by atoms with Crippen molar-refractivity contribution < 1.29 is 8.78 Å². The molecule has 0 unspecified atom stereocenters. The molecule has 0 spiro atoms. The van der Waals surface area contributed by atoms with Gasteiger partial charge in [0.2, 0.25) is 0 Å². The van der Waals surface area contributed by atoms with E-state index in [1.165, 1.54) is 0 Å². The summed E-state index contributed by atoms with van der Waals surface area (Å²) in [5, 5.41) is 0. The zero-order chi connectivity index (χ0) is 9.14. The lowest BCUT2D eigenvalue weighted by molar-refractivity contribution is 0.428. The van der Waals surface area contributed by atoms with Crippen molar-refractivity contribution in [3.63, 3.8) is 0 Å². The van der Waals surface area contributed by atoms with Crippen molar-refractivity contribution in [3.05, 3.63) is 41.5 Å². The van der Waals surface area contributed by atoms with Gasteiger partial charge in [0.15, 0.2) is 0 Å². The molecule has 0 aliphatic carbocycles. The fourth-order valence-corrected chi connectivity index (χ4v) is 1.14. The van der Waals surface area contributed by atoms with Gasteiger partial charge in [-0.05, 0) is 28.4 Å². The van der Waals surface area contributed by atoms with Crippen LogP contribution in [-0.4, -0.2) is 0 Å². The highest BCUT2D eigenvalue weighted by Gasteiger charge is 2.04. The third-order valence-electron chi connectivity index (χ3n) is 1.44. The Hall–Kier alpha value is -0.700. The van der Waals surface area contributed by atoms with Crippen molar-refractivity contribution in [1.82, 2.24) is 0 Å². The predicted octanol–water partition coefficient (Wildman–Crippen LogP) is 3.96. The van der Waals surface area contributed by atoms with E-state index in [0.29, 0.717) is 5.56 Å². The fraction of sp³-hybridized carbons (Fsp3) is 0.111. The number of benzene rings is 1. The molecule has 1 rings (SSSR count). The number of aryl methyl sites for hydroxylation is 1. The summed E-state index contributed by atoms with van der Waals surface area (Å²) in [6.45, 7) is 1.86. The minimum Gasteiger partial charge on any atom is -0.172 e. The Labute approximate surface area is 78.0 Å². The van der Waals surface area contributed by atoms with Crippen LogP contribution in [-0.2, 0) is 0 Å². The summed E-state index contributed by atoms with van der Waals surface area (Å²) >= 11 is 2.81. The lowest BCUT2D eigenvalue weighted by atomic mass is 10.1. The number of rotatable bonds is 1. The van der Waals surface area contributed by atoms with Crippen LogP contribution in [0.25, 0.3) is 4.48 Å². The van der Waals surface area contributed by atoms with E-state index in [2.05, 4.69) is 15.9 Å². The van der Waals surface area contributed by atoms with Gasteiger partial charge in [0.25, 0.3) is 6.08 Å². The Balaban J connectivity index is 3.13. The monoisotopic (exact) mass is 232 g/mol. The van der Waals surface area contributed by atoms with Crippen LogP contribution in [0.1, 0.15) is 11.1 Å². The molecule has 1 aromatic carbocycles. The second-order valence-corrected chi connectivity index (χ2v) is 3.24. The van der Waals surface area contributed by atoms with E-state index in [0.717, 1.165) is 5.56 Å². The zero-order valence-corrected chi connectivity index (χ0v) is 8.03. The summed E-state index contributed by atoms with van der Waals surface area (Å²) in [6, 6.07) is 6.94. The van der Waals surface area contributed by atoms with Crippen LogP contribution in [0.2, 0.25) is 0 Å². The zero-order valence-electron chi connectivity index (χ0n) is 6.44. The molecule has 0 N–H and O–H groups in total. The Morgan fingerprint density at radius 3 is 2.50 bits per heavy atom. The summed E-state index contributed by atoms with van der Waals surface area (Å²) in [4.78, 5) is 0. The molecule has 12 heavy (non-hydrogen) atoms. The average molecular weight is 233 g/mol. The van der Waals surface area contributed by atoms with Crippen LogP contribution in [0.15, 0.2) is 30.3 Å². The van der Waals surface area contributed by atoms with Crippen molar-refractivity contribution in [2.45, 2.75) is 6.92 Å². The van der Waals surface area contributed by atoms with Crippen LogP contribution in [0, 0.1) is 6.92 Å². The largest absolute Gasteiger partial charge is 0.284 e. The molecule has 0 saturated heterocycles. The molecule has 0 bridgehead atoms. The molecule has 0 nitrogen and oxygen atoms in total. The molecule has 0 fully saturated rings. The molecule has 0 aliphatic rings. The quantitative estimate of drug-likeness (QED) is 0.688. The van der Waals surface area contributed by atoms with E-state index in [-0.39, 0.29) is 4.48 Å². The molecular weight excluding hydrogens is 226 g/mol. The molecule has 0 radical (unpaired) electrons. The third kappa shape index (κ3) is 2.14. The Bertz CT molecular complexity index is 314. The van der Waals surface area contributed by atoms with Crippen molar-refractivity contribution >= 4 is 20.4 Å². The first-order valence-corrected chi connectivity index (χ1v) is 4.18. The average Bonchev–Trinajstić information content (AvgIpc) is 2.03. The molecule has 0 aromatic heterocycles. The van der Waals surface area contributed by atoms with E-state index < -0.39 is 6.08 Å². The summed E-state index contributed by atoms with van der Waals surface area (Å²) < 4.78 is 24.0. The molecule has 0 saturated carbocycles. The molecule has 0 amide bonds. The topological polar surface area (TPSA) is 0 Å². The first-order chi connectivity index (χ1) is 5.61. The highest BCUT2D eigenvalue weighted by atomic mass is 79.9. The maximum Gasteiger partial charge on any atom is 0.284 e. The normalized spacial score (nSPS) is 9.67. The van der Waals surface area contributed by atoms with Crippen molar-refractivity contribution in [2.75, 3.05) is 0 Å². The molecule has 0 aliphatic heterocycles. The second kappa shape index (κ2) is 3.81. The van der Waals surface area contributed by atoms with E-state index in [9.17, 15) is 8.78 Å². The smallest absolute Gasteiger partial charge is 0.172 e. The van der Waals surface area contributed by atoms with E-state index >= 15 is 0 Å². The summed E-state index contributed by atoms with van der Waals surface area (Å²) in [5.74, 6) is 0. The lowest BCUT2D eigenvalue weighted by Gasteiger charge is -1.98. The molecule has 1 aromatic rings.